The molecule has 0 fully saturated rings. The number of nitrogens with two attached hydrogens (primary N) is 3. The predicted molar refractivity (Wildman–Crippen MR) is 182 cm³/mol. The molecule has 0 bridgehead atoms. The van der Waals surface area contributed by atoms with Crippen LogP contribution in [0.2, 0.25) is 0 Å². The summed E-state index contributed by atoms with van der Waals surface area (Å²) in [6.45, 7) is -0.736. The zero-order chi connectivity index (χ0) is 38.5. The fraction of sp³-hybridized carbons (Fsp3) is 0.548. The largest absolute Gasteiger partial charge is 0.508 e. The van der Waals surface area contributed by atoms with Gasteiger partial charge in [-0.15, -0.1) is 0 Å². The van der Waals surface area contributed by atoms with E-state index in [9.17, 15) is 54.0 Å². The van der Waals surface area contributed by atoms with Crippen molar-refractivity contribution in [2.75, 3.05) is 26.7 Å². The lowest BCUT2D eigenvalue weighted by atomic mass is 9.95. The standard InChI is InChI=1S/C31H49N9O11/c1-35-22(15-17-7-9-18(42)10-8-17)28(48)38-21(11-12-24(43)44)27(47)39-23(16-41)29(49)37-19(5-2-3-13-32)25(45)26(46)20(40-31(50)51)6-4-14-36-30(33)34/h7-10,19-23,35,40-42H,2-6,11-16,32H2,1H3,(H,37,49)(H,38,48)(H,39,47)(H,43,44)(H,50,51)(H4,33,34,36)/t19-,20-,21-,22?,23?/m0/s1. The molecule has 15 N–H and O–H groups in total. The number of guanidine groups is 1. The van der Waals surface area contributed by atoms with E-state index in [4.69, 9.17) is 17.2 Å². The molecule has 5 atom stereocenters. The number of aliphatic hydroxyl groups excluding tert-OH is 1. The number of unbranched alkanes of at least 4 members (excludes halogenated alkanes) is 1. The molecule has 0 aliphatic rings. The number of amides is 4. The van der Waals surface area contributed by atoms with Crippen LogP contribution in [0.1, 0.15) is 50.5 Å². The molecule has 1 aromatic rings. The minimum atomic E-state index is -1.72. The van der Waals surface area contributed by atoms with Gasteiger partial charge in [0.2, 0.25) is 29.3 Å². The number of nitrogens with one attached hydrogen (secondary N) is 5. The van der Waals surface area contributed by atoms with Gasteiger partial charge in [0.15, 0.2) is 5.96 Å². The summed E-state index contributed by atoms with van der Waals surface area (Å²) in [5, 5.41) is 49.8. The van der Waals surface area contributed by atoms with Crippen LogP contribution in [-0.4, -0.2) is 125 Å². The van der Waals surface area contributed by atoms with Crippen molar-refractivity contribution in [1.29, 1.82) is 0 Å². The third kappa shape index (κ3) is 16.7. The Labute approximate surface area is 294 Å². The number of ketones is 2. The number of Topliss-reactive ketones (excluding diaryl/α,β-unsaturated/α-hetero) is 2. The lowest BCUT2D eigenvalue weighted by Gasteiger charge is -2.25. The number of aliphatic carboxylic acids is 1. The second-order valence-corrected chi connectivity index (χ2v) is 11.5. The van der Waals surface area contributed by atoms with Gasteiger partial charge in [0.1, 0.15) is 17.8 Å². The molecular formula is C31H49N9O11. The number of aliphatic imine (C=N–C) groups is 1. The Kier molecular flexibility index (Phi) is 19.8. The summed E-state index contributed by atoms with van der Waals surface area (Å²) < 4.78 is 0. The van der Waals surface area contributed by atoms with Gasteiger partial charge >= 0.3 is 12.1 Å². The van der Waals surface area contributed by atoms with Gasteiger partial charge in [-0.1, -0.05) is 12.1 Å². The summed E-state index contributed by atoms with van der Waals surface area (Å²) in [4.78, 5) is 92.6. The van der Waals surface area contributed by atoms with E-state index in [1.807, 2.05) is 5.32 Å². The molecule has 0 spiro atoms. The predicted octanol–water partition coefficient (Wildman–Crippen LogP) is -3.21. The number of aromatic hydroxyl groups is 1. The molecular weight excluding hydrogens is 674 g/mol. The summed E-state index contributed by atoms with van der Waals surface area (Å²) in [6, 6.07) is -1.05. The third-order valence-electron chi connectivity index (χ3n) is 7.52. The maximum absolute atomic E-state index is 13.3. The Morgan fingerprint density at radius 3 is 1.78 bits per heavy atom. The van der Waals surface area contributed by atoms with Gasteiger partial charge in [-0.2, -0.15) is 0 Å². The lowest BCUT2D eigenvalue weighted by molar-refractivity contribution is -0.141. The molecule has 20 nitrogen and oxygen atoms in total. The van der Waals surface area contributed by atoms with Crippen LogP contribution < -0.4 is 43.8 Å². The minimum absolute atomic E-state index is 0.0188. The smallest absolute Gasteiger partial charge is 0.405 e. The number of phenolic OH excluding ortho intramolecular Hbond substituents is 1. The van der Waals surface area contributed by atoms with Gasteiger partial charge in [-0.25, -0.2) is 4.79 Å². The van der Waals surface area contributed by atoms with Gasteiger partial charge in [-0.3, -0.25) is 33.8 Å². The van der Waals surface area contributed by atoms with Gasteiger partial charge in [-0.05, 0) is 76.2 Å². The number of carboxylic acid groups (broad SMARTS) is 2. The van der Waals surface area contributed by atoms with Crippen LogP contribution >= 0.6 is 0 Å². The molecule has 1 aromatic carbocycles. The van der Waals surface area contributed by atoms with Crippen LogP contribution in [0.5, 0.6) is 5.75 Å². The van der Waals surface area contributed by atoms with Crippen molar-refractivity contribution in [3.63, 3.8) is 0 Å². The van der Waals surface area contributed by atoms with E-state index in [-0.39, 0.29) is 56.9 Å². The number of hydrogen-bond acceptors (Lipinski definition) is 12. The number of likely N-dealkylation sites (N-methyl/N-ethyl adjacent to an activating group) is 1. The maximum atomic E-state index is 13.3. The number of aliphatic hydroxyl groups is 1. The quantitative estimate of drug-likeness (QED) is 0.0204. The highest BCUT2D eigenvalue weighted by molar-refractivity contribution is 6.41. The second kappa shape index (κ2) is 23.1. The normalized spacial score (nSPS) is 13.7. The first-order chi connectivity index (χ1) is 24.1. The van der Waals surface area contributed by atoms with Crippen molar-refractivity contribution < 1.29 is 54.0 Å². The van der Waals surface area contributed by atoms with Gasteiger partial charge in [0.05, 0.1) is 24.7 Å². The Bertz CT molecular complexity index is 1370. The van der Waals surface area contributed by atoms with Crippen molar-refractivity contribution in [3.05, 3.63) is 29.8 Å². The van der Waals surface area contributed by atoms with Gasteiger partial charge in [0, 0.05) is 13.0 Å². The number of hydrogen-bond donors (Lipinski definition) is 12. The van der Waals surface area contributed by atoms with Crippen LogP contribution in [0, 0.1) is 0 Å². The molecule has 0 saturated heterocycles. The number of carbonyl (C=O) groups is 7. The molecule has 51 heavy (non-hydrogen) atoms. The number of carboxylic acids is 1. The average Bonchev–Trinajstić information content (AvgIpc) is 3.08. The minimum Gasteiger partial charge on any atom is -0.508 e. The summed E-state index contributed by atoms with van der Waals surface area (Å²) >= 11 is 0. The Morgan fingerprint density at radius 1 is 0.725 bits per heavy atom. The Morgan fingerprint density at radius 2 is 1.25 bits per heavy atom. The molecule has 20 heteroatoms. The molecule has 0 aliphatic heterocycles. The van der Waals surface area contributed by atoms with Crippen molar-refractivity contribution in [2.24, 2.45) is 22.2 Å². The highest BCUT2D eigenvalue weighted by atomic mass is 16.4. The average molecular weight is 724 g/mol. The molecule has 0 saturated carbocycles. The van der Waals surface area contributed by atoms with E-state index in [1.165, 1.54) is 19.2 Å². The van der Waals surface area contributed by atoms with Crippen LogP contribution in [0.4, 0.5) is 4.79 Å². The Balaban J connectivity index is 3.15. The first-order valence-electron chi connectivity index (χ1n) is 16.1. The maximum Gasteiger partial charge on any atom is 0.405 e. The molecule has 284 valence electrons. The fourth-order valence-corrected chi connectivity index (χ4v) is 4.77. The first-order valence-corrected chi connectivity index (χ1v) is 16.1. The number of carbonyl (C=O) groups excluding carboxylic acids is 5. The summed E-state index contributed by atoms with van der Waals surface area (Å²) in [5.74, 6) is -6.59. The molecule has 0 radical (unpaired) electrons. The monoisotopic (exact) mass is 723 g/mol. The topological polar surface area (TPSA) is 351 Å². The summed E-state index contributed by atoms with van der Waals surface area (Å²) in [7, 11) is 1.49. The van der Waals surface area contributed by atoms with Gasteiger partial charge in [0.25, 0.3) is 0 Å². The Hall–Kier alpha value is -5.34. The first kappa shape index (κ1) is 43.7. The van der Waals surface area contributed by atoms with Crippen LogP contribution in [0.15, 0.2) is 29.3 Å². The zero-order valence-corrected chi connectivity index (χ0v) is 28.3. The van der Waals surface area contributed by atoms with Crippen molar-refractivity contribution in [3.8, 4) is 5.75 Å². The van der Waals surface area contributed by atoms with E-state index >= 15 is 0 Å². The zero-order valence-electron chi connectivity index (χ0n) is 28.3. The number of benzene rings is 1. The number of phenols is 1. The van der Waals surface area contributed by atoms with Crippen LogP contribution in [-0.2, 0) is 35.2 Å². The number of rotatable bonds is 25. The van der Waals surface area contributed by atoms with Crippen molar-refractivity contribution in [1.82, 2.24) is 26.6 Å². The van der Waals surface area contributed by atoms with E-state index in [0.717, 1.165) is 0 Å². The molecule has 0 heterocycles. The molecule has 0 aromatic heterocycles. The highest BCUT2D eigenvalue weighted by Crippen LogP contribution is 2.12. The molecule has 1 rings (SSSR count). The van der Waals surface area contributed by atoms with E-state index in [2.05, 4.69) is 26.3 Å². The molecule has 2 unspecified atom stereocenters. The van der Waals surface area contributed by atoms with Crippen molar-refractivity contribution in [2.45, 2.75) is 81.6 Å². The lowest BCUT2D eigenvalue weighted by Crippen LogP contribution is -2.59. The molecule has 4 amide bonds. The summed E-state index contributed by atoms with van der Waals surface area (Å²) in [6.07, 6.45) is -1.86. The second-order valence-electron chi connectivity index (χ2n) is 11.5. The SMILES string of the molecule is CNC(Cc1ccc(O)cc1)C(=O)N[C@@H](CCC(=O)O)C(=O)NC(CO)C(=O)N[C@@H](CCCCN)C(=O)C(=O)[C@H](CCCN=C(N)N)NC(=O)O. The van der Waals surface area contributed by atoms with E-state index < -0.39 is 91.0 Å². The number of nitrogens with zero attached hydrogens (tertiary/aromatic N) is 1. The highest BCUT2D eigenvalue weighted by Gasteiger charge is 2.35. The molecule has 0 aliphatic carbocycles. The van der Waals surface area contributed by atoms with Crippen molar-refractivity contribution >= 4 is 47.3 Å². The van der Waals surface area contributed by atoms with E-state index in [0.29, 0.717) is 12.0 Å². The van der Waals surface area contributed by atoms with Crippen LogP contribution in [0.25, 0.3) is 0 Å². The van der Waals surface area contributed by atoms with Crippen LogP contribution in [0.3, 0.4) is 0 Å². The van der Waals surface area contributed by atoms with Gasteiger partial charge < -0.3 is 64.2 Å². The summed E-state index contributed by atoms with van der Waals surface area (Å²) in [5.41, 5.74) is 16.8. The fourth-order valence-electron chi connectivity index (χ4n) is 4.77. The van der Waals surface area contributed by atoms with E-state index in [1.54, 1.807) is 12.1 Å². The third-order valence-corrected chi connectivity index (χ3v) is 7.52.